The van der Waals surface area contributed by atoms with Gasteiger partial charge in [0.2, 0.25) is 5.91 Å². The van der Waals surface area contributed by atoms with Crippen LogP contribution in [0.4, 0.5) is 4.79 Å². The number of amides is 3. The second-order valence-corrected chi connectivity index (χ2v) is 3.43. The summed E-state index contributed by atoms with van der Waals surface area (Å²) >= 11 is 0. The first-order valence-electron chi connectivity index (χ1n) is 4.98. The molecule has 0 aliphatic carbocycles. The quantitative estimate of drug-likeness (QED) is 0.450. The van der Waals surface area contributed by atoms with E-state index in [0.717, 1.165) is 0 Å². The van der Waals surface area contributed by atoms with Gasteiger partial charge in [0, 0.05) is 7.05 Å². The normalized spacial score (nSPS) is 11.2. The molecule has 102 valence electrons. The molecule has 1 atom stereocenters. The van der Waals surface area contributed by atoms with E-state index in [1.165, 1.54) is 14.0 Å². The maximum Gasteiger partial charge on any atom is 0.323 e. The number of hydrogen-bond acceptors (Lipinski definition) is 4. The third-order valence-electron chi connectivity index (χ3n) is 1.92. The molecule has 0 aliphatic heterocycles. The van der Waals surface area contributed by atoms with E-state index < -0.39 is 43.0 Å². The third kappa shape index (κ3) is 5.68. The van der Waals surface area contributed by atoms with E-state index in [-0.39, 0.29) is 0 Å². The van der Waals surface area contributed by atoms with Crippen molar-refractivity contribution < 1.29 is 29.4 Å². The number of carboxylic acids is 2. The summed E-state index contributed by atoms with van der Waals surface area (Å²) in [5.74, 6) is -3.17. The number of rotatable bonds is 6. The van der Waals surface area contributed by atoms with Crippen LogP contribution < -0.4 is 10.6 Å². The first kappa shape index (κ1) is 15.7. The first-order chi connectivity index (χ1) is 8.27. The standard InChI is InChI=1S/C9H15N3O6/c1-5(8(17)10-2)11-9(18)12(3-6(13)14)4-7(15)16/h5H,3-4H2,1-2H3,(H,10,17)(H,11,18)(H,13,14)(H,15,16). The summed E-state index contributed by atoms with van der Waals surface area (Å²) in [5, 5.41) is 21.6. The fraction of sp³-hybridized carbons (Fsp3) is 0.556. The third-order valence-corrected chi connectivity index (χ3v) is 1.92. The fourth-order valence-corrected chi connectivity index (χ4v) is 1.08. The van der Waals surface area contributed by atoms with Gasteiger partial charge in [-0.25, -0.2) is 4.79 Å². The van der Waals surface area contributed by atoms with Crippen molar-refractivity contribution in [1.82, 2.24) is 15.5 Å². The van der Waals surface area contributed by atoms with Crippen molar-refractivity contribution in [2.75, 3.05) is 20.1 Å². The van der Waals surface area contributed by atoms with Crippen LogP contribution in [0.3, 0.4) is 0 Å². The van der Waals surface area contributed by atoms with Crippen molar-refractivity contribution in [2.24, 2.45) is 0 Å². The molecule has 0 aromatic rings. The van der Waals surface area contributed by atoms with Crippen molar-refractivity contribution in [3.63, 3.8) is 0 Å². The lowest BCUT2D eigenvalue weighted by molar-refractivity contribution is -0.140. The van der Waals surface area contributed by atoms with E-state index in [2.05, 4.69) is 10.6 Å². The Hall–Kier alpha value is -2.32. The van der Waals surface area contributed by atoms with Crippen LogP contribution in [0.1, 0.15) is 6.92 Å². The molecule has 0 saturated heterocycles. The molecule has 1 unspecified atom stereocenters. The Kier molecular flexibility index (Phi) is 6.18. The molecular formula is C9H15N3O6. The molecule has 0 rings (SSSR count). The van der Waals surface area contributed by atoms with Crippen LogP contribution in [0, 0.1) is 0 Å². The number of hydrogen-bond donors (Lipinski definition) is 4. The highest BCUT2D eigenvalue weighted by Gasteiger charge is 2.22. The van der Waals surface area contributed by atoms with Crippen molar-refractivity contribution in [3.05, 3.63) is 0 Å². The van der Waals surface area contributed by atoms with E-state index in [0.29, 0.717) is 4.90 Å². The van der Waals surface area contributed by atoms with Crippen LogP contribution in [0.2, 0.25) is 0 Å². The number of carbonyl (C=O) groups excluding carboxylic acids is 2. The molecule has 0 radical (unpaired) electrons. The van der Waals surface area contributed by atoms with Crippen molar-refractivity contribution in [1.29, 1.82) is 0 Å². The van der Waals surface area contributed by atoms with Gasteiger partial charge in [-0.3, -0.25) is 14.4 Å². The molecule has 9 heteroatoms. The minimum atomic E-state index is -1.35. The minimum Gasteiger partial charge on any atom is -0.480 e. The first-order valence-corrected chi connectivity index (χ1v) is 4.98. The van der Waals surface area contributed by atoms with Crippen molar-refractivity contribution in [2.45, 2.75) is 13.0 Å². The average Bonchev–Trinajstić information content (AvgIpc) is 2.25. The number of carboxylic acid groups (broad SMARTS) is 2. The molecule has 4 N–H and O–H groups in total. The van der Waals surface area contributed by atoms with Gasteiger partial charge in [-0.1, -0.05) is 0 Å². The summed E-state index contributed by atoms with van der Waals surface area (Å²) in [6.07, 6.45) is 0. The monoisotopic (exact) mass is 261 g/mol. The summed E-state index contributed by atoms with van der Waals surface area (Å²) in [6, 6.07) is -1.83. The predicted molar refractivity (Wildman–Crippen MR) is 58.9 cm³/mol. The van der Waals surface area contributed by atoms with Gasteiger partial charge in [0.1, 0.15) is 19.1 Å². The lowest BCUT2D eigenvalue weighted by atomic mass is 10.3. The van der Waals surface area contributed by atoms with Crippen LogP contribution in [-0.2, 0) is 14.4 Å². The van der Waals surface area contributed by atoms with Crippen molar-refractivity contribution in [3.8, 4) is 0 Å². The number of likely N-dealkylation sites (N-methyl/N-ethyl adjacent to an activating group) is 1. The molecule has 0 heterocycles. The number of nitrogens with one attached hydrogen (secondary N) is 2. The Bertz CT molecular complexity index is 340. The minimum absolute atomic E-state index is 0.478. The Balaban J connectivity index is 4.59. The fourth-order valence-electron chi connectivity index (χ4n) is 1.08. The number of urea groups is 1. The van der Waals surface area contributed by atoms with Gasteiger partial charge in [-0.05, 0) is 6.92 Å². The van der Waals surface area contributed by atoms with E-state index >= 15 is 0 Å². The highest BCUT2D eigenvalue weighted by atomic mass is 16.4. The summed E-state index contributed by atoms with van der Waals surface area (Å²) in [5.41, 5.74) is 0. The molecule has 0 aliphatic rings. The van der Waals surface area contributed by atoms with E-state index in [1.54, 1.807) is 0 Å². The van der Waals surface area contributed by atoms with Gasteiger partial charge in [-0.15, -0.1) is 0 Å². The molecule has 18 heavy (non-hydrogen) atoms. The van der Waals surface area contributed by atoms with Crippen LogP contribution in [-0.4, -0.2) is 65.2 Å². The van der Waals surface area contributed by atoms with E-state index in [4.69, 9.17) is 10.2 Å². The number of carbonyl (C=O) groups is 4. The zero-order valence-corrected chi connectivity index (χ0v) is 9.97. The highest BCUT2D eigenvalue weighted by Crippen LogP contribution is 1.92. The highest BCUT2D eigenvalue weighted by molar-refractivity contribution is 5.89. The predicted octanol–water partition coefficient (Wildman–Crippen LogP) is -1.70. The molecule has 3 amide bonds. The Morgan fingerprint density at radius 3 is 1.89 bits per heavy atom. The van der Waals surface area contributed by atoms with E-state index in [9.17, 15) is 19.2 Å². The molecule has 0 fully saturated rings. The summed E-state index contributed by atoms with van der Waals surface area (Å²) in [6.45, 7) is -0.145. The van der Waals surface area contributed by atoms with Crippen molar-refractivity contribution >= 4 is 23.9 Å². The van der Waals surface area contributed by atoms with Gasteiger partial charge >= 0.3 is 18.0 Å². The smallest absolute Gasteiger partial charge is 0.323 e. The maximum atomic E-state index is 11.6. The topological polar surface area (TPSA) is 136 Å². The zero-order valence-electron chi connectivity index (χ0n) is 9.97. The van der Waals surface area contributed by atoms with Gasteiger partial charge < -0.3 is 25.7 Å². The van der Waals surface area contributed by atoms with E-state index in [1.807, 2.05) is 0 Å². The van der Waals surface area contributed by atoms with Crippen LogP contribution in [0.15, 0.2) is 0 Å². The largest absolute Gasteiger partial charge is 0.480 e. The molecule has 9 nitrogen and oxygen atoms in total. The lowest BCUT2D eigenvalue weighted by Gasteiger charge is -2.21. The molecule has 0 saturated carbocycles. The molecule has 0 spiro atoms. The average molecular weight is 261 g/mol. The van der Waals surface area contributed by atoms with Gasteiger partial charge in [-0.2, -0.15) is 0 Å². The zero-order chi connectivity index (χ0) is 14.3. The number of nitrogens with zero attached hydrogens (tertiary/aromatic N) is 1. The van der Waals surface area contributed by atoms with Crippen LogP contribution in [0.25, 0.3) is 0 Å². The van der Waals surface area contributed by atoms with Gasteiger partial charge in [0.15, 0.2) is 0 Å². The van der Waals surface area contributed by atoms with Gasteiger partial charge in [0.25, 0.3) is 0 Å². The summed E-state index contributed by atoms with van der Waals surface area (Å²) < 4.78 is 0. The molecular weight excluding hydrogens is 246 g/mol. The van der Waals surface area contributed by atoms with Gasteiger partial charge in [0.05, 0.1) is 0 Å². The molecule has 0 bridgehead atoms. The lowest BCUT2D eigenvalue weighted by Crippen LogP contribution is -2.51. The summed E-state index contributed by atoms with van der Waals surface area (Å²) in [7, 11) is 1.37. The Labute approximate surface area is 103 Å². The molecule has 0 aromatic heterocycles. The van der Waals surface area contributed by atoms with Crippen LogP contribution >= 0.6 is 0 Å². The molecule has 0 aromatic carbocycles. The Morgan fingerprint density at radius 1 is 1.11 bits per heavy atom. The maximum absolute atomic E-state index is 11.6. The summed E-state index contributed by atoms with van der Waals surface area (Å²) in [4.78, 5) is 44.2. The second kappa shape index (κ2) is 7.09. The Morgan fingerprint density at radius 2 is 1.56 bits per heavy atom. The second-order valence-electron chi connectivity index (χ2n) is 3.43. The SMILES string of the molecule is CNC(=O)C(C)NC(=O)N(CC(=O)O)CC(=O)O. The number of aliphatic carboxylic acids is 2. The van der Waals surface area contributed by atoms with Crippen LogP contribution in [0.5, 0.6) is 0 Å².